The molecule has 0 fully saturated rings. The smallest absolute Gasteiger partial charge is 0.332 e. The lowest BCUT2D eigenvalue weighted by Crippen LogP contribution is -2.36. The average Bonchev–Trinajstić information content (AvgIpc) is 2.85. The summed E-state index contributed by atoms with van der Waals surface area (Å²) in [4.78, 5) is 30.9. The summed E-state index contributed by atoms with van der Waals surface area (Å²) in [7, 11) is -0.520. The Bertz CT molecular complexity index is 980. The van der Waals surface area contributed by atoms with Gasteiger partial charge in [-0.05, 0) is 6.92 Å². The predicted octanol–water partition coefficient (Wildman–Crippen LogP) is -1.00. The van der Waals surface area contributed by atoms with Crippen LogP contribution in [-0.2, 0) is 30.5 Å². The second kappa shape index (κ2) is 6.13. The lowest BCUT2D eigenvalue weighted by molar-refractivity contribution is 0.583. The van der Waals surface area contributed by atoms with Crippen LogP contribution < -0.4 is 16.0 Å². The molecule has 0 radical (unpaired) electrons. The first kappa shape index (κ1) is 17.2. The van der Waals surface area contributed by atoms with Gasteiger partial charge in [-0.2, -0.15) is 0 Å². The number of aromatic nitrogens is 4. The van der Waals surface area contributed by atoms with Crippen LogP contribution in [0.4, 0.5) is 0 Å². The molecule has 23 heavy (non-hydrogen) atoms. The topological polar surface area (TPSA) is 119 Å². The van der Waals surface area contributed by atoms with Gasteiger partial charge in [-0.1, -0.05) is 12.2 Å². The lowest BCUT2D eigenvalue weighted by atomic mass is 10.4. The van der Waals surface area contributed by atoms with E-state index in [0.717, 1.165) is 4.57 Å². The van der Waals surface area contributed by atoms with Crippen molar-refractivity contribution in [2.24, 2.45) is 14.1 Å². The molecule has 0 saturated carbocycles. The van der Waals surface area contributed by atoms with E-state index in [0.29, 0.717) is 11.4 Å². The minimum atomic E-state index is -3.42. The largest absolute Gasteiger partial charge is 0.336 e. The third-order valence-electron chi connectivity index (χ3n) is 3.26. The monoisotopic (exact) mass is 341 g/mol. The summed E-state index contributed by atoms with van der Waals surface area (Å²) in [6, 6.07) is 0. The number of aromatic amines is 1. The third kappa shape index (κ3) is 3.59. The van der Waals surface area contributed by atoms with Crippen LogP contribution in [0.5, 0.6) is 0 Å². The molecular formula is C13H19N5O4S. The van der Waals surface area contributed by atoms with Crippen molar-refractivity contribution in [3.05, 3.63) is 38.8 Å². The van der Waals surface area contributed by atoms with Gasteiger partial charge in [-0.25, -0.2) is 22.9 Å². The van der Waals surface area contributed by atoms with Crippen molar-refractivity contribution >= 4 is 21.2 Å². The van der Waals surface area contributed by atoms with E-state index in [-0.39, 0.29) is 29.9 Å². The molecule has 10 heteroatoms. The van der Waals surface area contributed by atoms with Crippen molar-refractivity contribution < 1.29 is 8.42 Å². The maximum Gasteiger partial charge on any atom is 0.332 e. The molecule has 0 bridgehead atoms. The van der Waals surface area contributed by atoms with Gasteiger partial charge in [0.25, 0.3) is 5.56 Å². The third-order valence-corrected chi connectivity index (χ3v) is 4.78. The van der Waals surface area contributed by atoms with Crippen molar-refractivity contribution in [2.45, 2.75) is 13.3 Å². The van der Waals surface area contributed by atoms with Gasteiger partial charge in [0.2, 0.25) is 10.0 Å². The Balaban J connectivity index is 2.22. The summed E-state index contributed by atoms with van der Waals surface area (Å²) >= 11 is 0. The maximum absolute atomic E-state index is 12.0. The molecule has 0 aromatic carbocycles. The van der Waals surface area contributed by atoms with E-state index < -0.39 is 21.3 Å². The van der Waals surface area contributed by atoms with Gasteiger partial charge in [-0.3, -0.25) is 13.9 Å². The summed E-state index contributed by atoms with van der Waals surface area (Å²) in [5.74, 6) is 0.290. The summed E-state index contributed by atoms with van der Waals surface area (Å²) in [6.07, 6.45) is 0.265. The molecule has 2 aromatic rings. The zero-order valence-corrected chi connectivity index (χ0v) is 14.0. The molecule has 2 aromatic heterocycles. The summed E-state index contributed by atoms with van der Waals surface area (Å²) in [5, 5.41) is 0. The minimum Gasteiger partial charge on any atom is -0.336 e. The van der Waals surface area contributed by atoms with Gasteiger partial charge in [0, 0.05) is 27.1 Å². The molecule has 0 saturated heterocycles. The van der Waals surface area contributed by atoms with Gasteiger partial charge in [0.05, 0.1) is 5.75 Å². The molecule has 0 unspecified atom stereocenters. The molecule has 0 atom stereocenters. The molecule has 9 nitrogen and oxygen atoms in total. The molecular weight excluding hydrogens is 322 g/mol. The number of hydrogen-bond donors (Lipinski definition) is 2. The van der Waals surface area contributed by atoms with E-state index in [9.17, 15) is 18.0 Å². The second-order valence-electron chi connectivity index (χ2n) is 5.45. The normalized spacial score (nSPS) is 12.0. The van der Waals surface area contributed by atoms with Gasteiger partial charge in [-0.15, -0.1) is 0 Å². The van der Waals surface area contributed by atoms with E-state index in [1.54, 1.807) is 6.92 Å². The molecule has 2 heterocycles. The van der Waals surface area contributed by atoms with Crippen LogP contribution in [-0.4, -0.2) is 39.8 Å². The lowest BCUT2D eigenvalue weighted by Gasteiger charge is -2.04. The number of nitrogens with one attached hydrogen (secondary N) is 2. The van der Waals surface area contributed by atoms with Gasteiger partial charge in [0.15, 0.2) is 5.65 Å². The quantitative estimate of drug-likeness (QED) is 0.653. The van der Waals surface area contributed by atoms with Crippen LogP contribution >= 0.6 is 0 Å². The SMILES string of the molecule is C=C(C)CS(=O)(=O)NCCc1nc2c([nH]1)c(=O)n(C)c(=O)n2C. The van der Waals surface area contributed by atoms with Gasteiger partial charge in [0.1, 0.15) is 11.3 Å². The fourth-order valence-electron chi connectivity index (χ4n) is 2.19. The number of H-pyrrole nitrogens is 1. The molecule has 0 spiro atoms. The maximum atomic E-state index is 12.0. The predicted molar refractivity (Wildman–Crippen MR) is 86.9 cm³/mol. The van der Waals surface area contributed by atoms with Crippen molar-refractivity contribution in [1.82, 2.24) is 23.8 Å². The molecule has 0 aliphatic carbocycles. The van der Waals surface area contributed by atoms with Crippen LogP contribution in [0.2, 0.25) is 0 Å². The molecule has 0 aliphatic rings. The van der Waals surface area contributed by atoms with E-state index >= 15 is 0 Å². The highest BCUT2D eigenvalue weighted by Crippen LogP contribution is 2.04. The van der Waals surface area contributed by atoms with E-state index in [1.807, 2.05) is 0 Å². The van der Waals surface area contributed by atoms with Crippen LogP contribution in [0.3, 0.4) is 0 Å². The standard InChI is InChI=1S/C13H19N5O4S/c1-8(2)7-23(21,22)14-6-5-9-15-10-11(16-9)17(3)13(20)18(4)12(10)19/h14H,1,5-7H2,2-4H3,(H,15,16). The van der Waals surface area contributed by atoms with E-state index in [2.05, 4.69) is 21.3 Å². The first-order chi connectivity index (χ1) is 10.6. The number of imidazole rings is 1. The summed E-state index contributed by atoms with van der Waals surface area (Å²) < 4.78 is 28.1. The Labute approximate surface area is 132 Å². The van der Waals surface area contributed by atoms with E-state index in [1.165, 1.54) is 18.7 Å². The van der Waals surface area contributed by atoms with Crippen molar-refractivity contribution in [1.29, 1.82) is 0 Å². The number of fused-ring (bicyclic) bond motifs is 1. The zero-order chi connectivity index (χ0) is 17.4. The second-order valence-corrected chi connectivity index (χ2v) is 7.26. The number of aryl methyl sites for hydroxylation is 1. The first-order valence-electron chi connectivity index (χ1n) is 6.88. The van der Waals surface area contributed by atoms with Crippen LogP contribution in [0.25, 0.3) is 11.2 Å². The Morgan fingerprint density at radius 2 is 1.96 bits per heavy atom. The minimum absolute atomic E-state index is 0.129. The molecule has 126 valence electrons. The average molecular weight is 341 g/mol. The Morgan fingerprint density at radius 1 is 1.30 bits per heavy atom. The molecule has 0 amide bonds. The van der Waals surface area contributed by atoms with Crippen LogP contribution in [0, 0.1) is 0 Å². The van der Waals surface area contributed by atoms with Gasteiger partial charge >= 0.3 is 5.69 Å². The van der Waals surface area contributed by atoms with Crippen molar-refractivity contribution in [3.8, 4) is 0 Å². The summed E-state index contributed by atoms with van der Waals surface area (Å²) in [6.45, 7) is 5.33. The van der Waals surface area contributed by atoms with Crippen molar-refractivity contribution in [3.63, 3.8) is 0 Å². The highest BCUT2D eigenvalue weighted by atomic mass is 32.2. The number of nitrogens with zero attached hydrogens (tertiary/aromatic N) is 3. The zero-order valence-electron chi connectivity index (χ0n) is 13.2. The number of hydrogen-bond acceptors (Lipinski definition) is 5. The molecule has 0 aliphatic heterocycles. The molecule has 2 rings (SSSR count). The van der Waals surface area contributed by atoms with Crippen LogP contribution in [0.15, 0.2) is 21.7 Å². The van der Waals surface area contributed by atoms with Gasteiger partial charge < -0.3 is 4.98 Å². The van der Waals surface area contributed by atoms with Crippen molar-refractivity contribution in [2.75, 3.05) is 12.3 Å². The van der Waals surface area contributed by atoms with Crippen LogP contribution in [0.1, 0.15) is 12.7 Å². The first-order valence-corrected chi connectivity index (χ1v) is 8.54. The Kier molecular flexibility index (Phi) is 4.57. The van der Waals surface area contributed by atoms with E-state index in [4.69, 9.17) is 0 Å². The fraction of sp³-hybridized carbons (Fsp3) is 0.462. The number of sulfonamides is 1. The Hall–Kier alpha value is -2.20. The fourth-order valence-corrected chi connectivity index (χ4v) is 3.36. The summed E-state index contributed by atoms with van der Waals surface area (Å²) in [5.41, 5.74) is 0.0689. The highest BCUT2D eigenvalue weighted by Gasteiger charge is 2.14. The highest BCUT2D eigenvalue weighted by molar-refractivity contribution is 7.89. The Morgan fingerprint density at radius 3 is 2.57 bits per heavy atom. The molecule has 2 N–H and O–H groups in total. The number of rotatable bonds is 6.